The van der Waals surface area contributed by atoms with Crippen LogP contribution >= 0.6 is 12.6 Å². The van der Waals surface area contributed by atoms with Crippen molar-refractivity contribution in [2.45, 2.75) is 44.9 Å². The topological polar surface area (TPSA) is 86.6 Å². The number of unbranched alkanes of at least 4 members (excludes halogenated alkanes) is 5. The third kappa shape index (κ3) is 6.85. The second-order valence-corrected chi connectivity index (χ2v) is 5.63. The van der Waals surface area contributed by atoms with Crippen LogP contribution in [-0.2, 0) is 4.79 Å². The standard InChI is InChI=1S/C16H23NO4S/c18-14-11-12(8-9-13(14)16(20)21)17-15(19)7-5-3-1-2-4-6-10-22/h8-9,11,18,22H,1-7,10H2,(H,17,19)(H,20,21). The molecular formula is C16H23NO4S. The summed E-state index contributed by atoms with van der Waals surface area (Å²) in [5, 5.41) is 21.0. The van der Waals surface area contributed by atoms with Gasteiger partial charge in [0.25, 0.3) is 0 Å². The fraction of sp³-hybridized carbons (Fsp3) is 0.500. The molecule has 0 fully saturated rings. The van der Waals surface area contributed by atoms with Gasteiger partial charge in [-0.3, -0.25) is 4.79 Å². The Kier molecular flexibility index (Phi) is 8.43. The van der Waals surface area contributed by atoms with Gasteiger partial charge >= 0.3 is 5.97 Å². The van der Waals surface area contributed by atoms with Crippen LogP contribution in [0.15, 0.2) is 18.2 Å². The Balaban J connectivity index is 2.28. The molecule has 0 aliphatic heterocycles. The van der Waals surface area contributed by atoms with Gasteiger partial charge in [-0.1, -0.05) is 25.7 Å². The summed E-state index contributed by atoms with van der Waals surface area (Å²) < 4.78 is 0. The van der Waals surface area contributed by atoms with Crippen LogP contribution in [0.1, 0.15) is 55.3 Å². The number of rotatable bonds is 10. The first-order valence-corrected chi connectivity index (χ1v) is 8.15. The van der Waals surface area contributed by atoms with E-state index in [-0.39, 0.29) is 17.2 Å². The number of nitrogens with one attached hydrogen (secondary N) is 1. The lowest BCUT2D eigenvalue weighted by atomic mass is 10.1. The molecule has 0 bridgehead atoms. The fourth-order valence-electron chi connectivity index (χ4n) is 2.12. The number of phenols is 1. The van der Waals surface area contributed by atoms with Crippen molar-refractivity contribution in [1.82, 2.24) is 0 Å². The molecule has 6 heteroatoms. The van der Waals surface area contributed by atoms with E-state index in [4.69, 9.17) is 5.11 Å². The van der Waals surface area contributed by atoms with E-state index in [0.717, 1.165) is 31.4 Å². The number of hydrogen-bond donors (Lipinski definition) is 4. The van der Waals surface area contributed by atoms with Crippen molar-refractivity contribution in [3.63, 3.8) is 0 Å². The highest BCUT2D eigenvalue weighted by atomic mass is 32.1. The minimum Gasteiger partial charge on any atom is -0.507 e. The zero-order valence-corrected chi connectivity index (χ0v) is 13.4. The second-order valence-electron chi connectivity index (χ2n) is 5.18. The number of thiol groups is 1. The Morgan fingerprint density at radius 2 is 1.68 bits per heavy atom. The van der Waals surface area contributed by atoms with E-state index < -0.39 is 5.97 Å². The number of carboxylic acid groups (broad SMARTS) is 1. The van der Waals surface area contributed by atoms with Crippen LogP contribution in [0.25, 0.3) is 0 Å². The highest BCUT2D eigenvalue weighted by molar-refractivity contribution is 7.80. The van der Waals surface area contributed by atoms with Crippen LogP contribution in [0.2, 0.25) is 0 Å². The van der Waals surface area contributed by atoms with Crippen molar-refractivity contribution in [3.05, 3.63) is 23.8 Å². The Morgan fingerprint density at radius 3 is 2.27 bits per heavy atom. The largest absolute Gasteiger partial charge is 0.507 e. The summed E-state index contributed by atoms with van der Waals surface area (Å²) in [6, 6.07) is 3.99. The van der Waals surface area contributed by atoms with Gasteiger partial charge in [0, 0.05) is 18.2 Å². The zero-order valence-electron chi connectivity index (χ0n) is 12.5. The molecule has 0 aromatic heterocycles. The molecule has 22 heavy (non-hydrogen) atoms. The van der Waals surface area contributed by atoms with E-state index >= 15 is 0 Å². The molecule has 0 spiro atoms. The van der Waals surface area contributed by atoms with E-state index in [9.17, 15) is 14.7 Å². The SMILES string of the molecule is O=C(CCCCCCCCS)Nc1ccc(C(=O)O)c(O)c1. The predicted octanol–water partition coefficient (Wildman–Crippen LogP) is 3.69. The number of benzene rings is 1. The minimum absolute atomic E-state index is 0.127. The van der Waals surface area contributed by atoms with E-state index in [1.807, 2.05) is 0 Å². The first-order chi connectivity index (χ1) is 10.5. The van der Waals surface area contributed by atoms with Crippen LogP contribution in [0.4, 0.5) is 5.69 Å². The third-order valence-electron chi connectivity index (χ3n) is 3.32. The van der Waals surface area contributed by atoms with Gasteiger partial charge in [0.05, 0.1) is 0 Å². The van der Waals surface area contributed by atoms with Gasteiger partial charge in [0.15, 0.2) is 0 Å². The Hall–Kier alpha value is -1.69. The molecule has 122 valence electrons. The summed E-state index contributed by atoms with van der Waals surface area (Å²) in [7, 11) is 0. The third-order valence-corrected chi connectivity index (χ3v) is 3.64. The van der Waals surface area contributed by atoms with Gasteiger partial charge < -0.3 is 15.5 Å². The smallest absolute Gasteiger partial charge is 0.339 e. The highest BCUT2D eigenvalue weighted by Gasteiger charge is 2.10. The number of amides is 1. The van der Waals surface area contributed by atoms with Crippen LogP contribution in [0.3, 0.4) is 0 Å². The molecule has 3 N–H and O–H groups in total. The molecule has 0 aliphatic carbocycles. The maximum atomic E-state index is 11.8. The Labute approximate surface area is 136 Å². The molecule has 0 aliphatic rings. The van der Waals surface area contributed by atoms with Crippen LogP contribution < -0.4 is 5.32 Å². The average Bonchev–Trinajstić information content (AvgIpc) is 2.46. The molecule has 0 saturated heterocycles. The van der Waals surface area contributed by atoms with E-state index in [1.165, 1.54) is 31.0 Å². The number of aromatic carboxylic acids is 1. The fourth-order valence-corrected chi connectivity index (χ4v) is 2.34. The number of hydrogen-bond acceptors (Lipinski definition) is 4. The summed E-state index contributed by atoms with van der Waals surface area (Å²) in [4.78, 5) is 22.5. The van der Waals surface area contributed by atoms with E-state index in [0.29, 0.717) is 12.1 Å². The van der Waals surface area contributed by atoms with Crippen LogP contribution in [-0.4, -0.2) is 27.8 Å². The van der Waals surface area contributed by atoms with Crippen molar-refractivity contribution in [2.75, 3.05) is 11.1 Å². The molecule has 0 heterocycles. The minimum atomic E-state index is -1.20. The highest BCUT2D eigenvalue weighted by Crippen LogP contribution is 2.22. The maximum Gasteiger partial charge on any atom is 0.339 e. The van der Waals surface area contributed by atoms with Crippen molar-refractivity contribution in [1.29, 1.82) is 0 Å². The first kappa shape index (κ1) is 18.4. The van der Waals surface area contributed by atoms with Crippen LogP contribution in [0, 0.1) is 0 Å². The zero-order chi connectivity index (χ0) is 16.4. The molecule has 1 amide bonds. The van der Waals surface area contributed by atoms with Gasteiger partial charge in [-0.15, -0.1) is 0 Å². The van der Waals surface area contributed by atoms with E-state index in [2.05, 4.69) is 17.9 Å². The van der Waals surface area contributed by atoms with Gasteiger partial charge in [-0.2, -0.15) is 12.6 Å². The van der Waals surface area contributed by atoms with Gasteiger partial charge in [0.2, 0.25) is 5.91 Å². The number of carbonyl (C=O) groups is 2. The van der Waals surface area contributed by atoms with Gasteiger partial charge in [-0.05, 0) is 30.7 Å². The maximum absolute atomic E-state index is 11.8. The number of carbonyl (C=O) groups excluding carboxylic acids is 1. The Morgan fingerprint density at radius 1 is 1.05 bits per heavy atom. The lowest BCUT2D eigenvalue weighted by molar-refractivity contribution is -0.116. The quantitative estimate of drug-likeness (QED) is 0.390. The number of carboxylic acids is 1. The summed E-state index contributed by atoms with van der Waals surface area (Å²) in [5.74, 6) is -0.753. The predicted molar refractivity (Wildman–Crippen MR) is 89.9 cm³/mol. The molecular weight excluding hydrogens is 302 g/mol. The summed E-state index contributed by atoms with van der Waals surface area (Å²) in [5.41, 5.74) is 0.223. The summed E-state index contributed by atoms with van der Waals surface area (Å²) in [6.45, 7) is 0. The first-order valence-electron chi connectivity index (χ1n) is 7.51. The van der Waals surface area contributed by atoms with Crippen LogP contribution in [0.5, 0.6) is 5.75 Å². The molecule has 0 atom stereocenters. The summed E-state index contributed by atoms with van der Waals surface area (Å²) in [6.07, 6.45) is 6.88. The van der Waals surface area contributed by atoms with Crippen molar-refractivity contribution < 1.29 is 19.8 Å². The normalized spacial score (nSPS) is 10.4. The summed E-state index contributed by atoms with van der Waals surface area (Å²) >= 11 is 4.16. The molecule has 1 rings (SSSR count). The van der Waals surface area contributed by atoms with E-state index in [1.54, 1.807) is 0 Å². The Bertz CT molecular complexity index is 505. The van der Waals surface area contributed by atoms with Crippen molar-refractivity contribution in [3.8, 4) is 5.75 Å². The molecule has 0 radical (unpaired) electrons. The monoisotopic (exact) mass is 325 g/mol. The van der Waals surface area contributed by atoms with Crippen molar-refractivity contribution in [2.24, 2.45) is 0 Å². The molecule has 0 unspecified atom stereocenters. The average molecular weight is 325 g/mol. The molecule has 1 aromatic rings. The van der Waals surface area contributed by atoms with Gasteiger partial charge in [0.1, 0.15) is 11.3 Å². The number of anilines is 1. The van der Waals surface area contributed by atoms with Gasteiger partial charge in [-0.25, -0.2) is 4.79 Å². The second kappa shape index (κ2) is 10.1. The lowest BCUT2D eigenvalue weighted by Crippen LogP contribution is -2.11. The van der Waals surface area contributed by atoms with Crippen molar-refractivity contribution >= 4 is 30.2 Å². The molecule has 5 nitrogen and oxygen atoms in total. The number of aromatic hydroxyl groups is 1. The molecule has 0 saturated carbocycles. The molecule has 1 aromatic carbocycles. The lowest BCUT2D eigenvalue weighted by Gasteiger charge is -2.07.